The molecular weight excluding hydrogens is 140 g/mol. The molecule has 2 nitrogen and oxygen atoms in total. The summed E-state index contributed by atoms with van der Waals surface area (Å²) in [5.74, 6) is 0.359. The number of allylic oxidation sites excluding steroid dienone is 2. The molecule has 0 bridgehead atoms. The van der Waals surface area contributed by atoms with Crippen molar-refractivity contribution in [2.75, 3.05) is 7.11 Å². The molecule has 1 saturated carbocycles. The minimum atomic E-state index is -0.248. The summed E-state index contributed by atoms with van der Waals surface area (Å²) in [7, 11) is 1.45. The molecule has 0 amide bonds. The van der Waals surface area contributed by atoms with E-state index in [9.17, 15) is 4.79 Å². The van der Waals surface area contributed by atoms with Gasteiger partial charge in [-0.25, -0.2) is 0 Å². The zero-order valence-corrected chi connectivity index (χ0v) is 7.05. The summed E-state index contributed by atoms with van der Waals surface area (Å²) < 4.78 is 4.74. The van der Waals surface area contributed by atoms with Crippen LogP contribution in [0.4, 0.5) is 0 Å². The summed E-state index contributed by atoms with van der Waals surface area (Å²) in [6, 6.07) is 0. The van der Waals surface area contributed by atoms with Crippen molar-refractivity contribution < 1.29 is 9.53 Å². The van der Waals surface area contributed by atoms with Gasteiger partial charge >= 0.3 is 5.97 Å². The number of methoxy groups -OCH3 is 1. The Morgan fingerprint density at radius 1 is 1.55 bits per heavy atom. The summed E-state index contributed by atoms with van der Waals surface area (Å²) in [5, 5.41) is 0. The van der Waals surface area contributed by atoms with E-state index >= 15 is 0 Å². The minimum Gasteiger partial charge on any atom is -0.469 e. The van der Waals surface area contributed by atoms with Gasteiger partial charge in [-0.3, -0.25) is 4.79 Å². The van der Waals surface area contributed by atoms with Crippen LogP contribution in [-0.2, 0) is 9.53 Å². The van der Waals surface area contributed by atoms with Crippen molar-refractivity contribution in [3.8, 4) is 0 Å². The Morgan fingerprint density at radius 2 is 2.09 bits per heavy atom. The normalized spacial score (nSPS) is 51.0. The SMILES string of the molecule is COC(=O)[C@]1(C)[C@H]2C=C[C@]21C. The topological polar surface area (TPSA) is 26.3 Å². The van der Waals surface area contributed by atoms with Crippen LogP contribution < -0.4 is 0 Å². The van der Waals surface area contributed by atoms with Crippen LogP contribution in [0.15, 0.2) is 12.2 Å². The highest BCUT2D eigenvalue weighted by Crippen LogP contribution is 2.76. The first-order chi connectivity index (χ1) is 5.07. The van der Waals surface area contributed by atoms with E-state index in [4.69, 9.17) is 4.74 Å². The van der Waals surface area contributed by atoms with Crippen molar-refractivity contribution in [1.29, 1.82) is 0 Å². The van der Waals surface area contributed by atoms with Crippen molar-refractivity contribution in [3.05, 3.63) is 12.2 Å². The fourth-order valence-electron chi connectivity index (χ4n) is 2.27. The highest BCUT2D eigenvalue weighted by molar-refractivity contribution is 5.85. The maximum Gasteiger partial charge on any atom is 0.313 e. The second kappa shape index (κ2) is 1.52. The summed E-state index contributed by atoms with van der Waals surface area (Å²) in [6.07, 6.45) is 4.20. The van der Waals surface area contributed by atoms with Crippen LogP contribution in [0.5, 0.6) is 0 Å². The van der Waals surface area contributed by atoms with E-state index in [2.05, 4.69) is 19.1 Å². The Hall–Kier alpha value is -0.790. The summed E-state index contributed by atoms with van der Waals surface area (Å²) in [4.78, 5) is 11.3. The van der Waals surface area contributed by atoms with Crippen molar-refractivity contribution >= 4 is 5.97 Å². The van der Waals surface area contributed by atoms with Gasteiger partial charge in [0.1, 0.15) is 0 Å². The molecule has 0 heterocycles. The predicted octanol–water partition coefficient (Wildman–Crippen LogP) is 1.37. The first-order valence-corrected chi connectivity index (χ1v) is 3.85. The lowest BCUT2D eigenvalue weighted by molar-refractivity contribution is -0.147. The van der Waals surface area contributed by atoms with Gasteiger partial charge in [0.15, 0.2) is 0 Å². The van der Waals surface area contributed by atoms with Gasteiger partial charge < -0.3 is 4.74 Å². The van der Waals surface area contributed by atoms with Gasteiger partial charge in [0, 0.05) is 11.3 Å². The molecule has 2 heteroatoms. The predicted molar refractivity (Wildman–Crippen MR) is 40.9 cm³/mol. The summed E-state index contributed by atoms with van der Waals surface area (Å²) in [6.45, 7) is 4.08. The standard InChI is InChI=1S/C9H12O2/c1-8-5-4-6(8)9(8,2)7(10)11-3/h4-6H,1-3H3/t6-,8+,9-/m0/s1. The molecule has 60 valence electrons. The van der Waals surface area contributed by atoms with Crippen molar-refractivity contribution in [2.45, 2.75) is 13.8 Å². The number of carbonyl (C=O) groups excluding carboxylic acids is 1. The van der Waals surface area contributed by atoms with Gasteiger partial charge in [-0.2, -0.15) is 0 Å². The van der Waals surface area contributed by atoms with Crippen LogP contribution in [0, 0.1) is 16.7 Å². The Kier molecular flexibility index (Phi) is 0.952. The van der Waals surface area contributed by atoms with Crippen LogP contribution in [0.1, 0.15) is 13.8 Å². The smallest absolute Gasteiger partial charge is 0.313 e. The summed E-state index contributed by atoms with van der Waals surface area (Å²) in [5.41, 5.74) is -0.137. The van der Waals surface area contributed by atoms with E-state index in [-0.39, 0.29) is 16.8 Å². The molecule has 2 aliphatic rings. The van der Waals surface area contributed by atoms with Gasteiger partial charge in [0.25, 0.3) is 0 Å². The number of hydrogen-bond acceptors (Lipinski definition) is 2. The Morgan fingerprint density at radius 3 is 2.36 bits per heavy atom. The molecule has 0 aromatic heterocycles. The van der Waals surface area contributed by atoms with Crippen LogP contribution in [0.2, 0.25) is 0 Å². The third kappa shape index (κ3) is 0.461. The molecule has 2 aliphatic carbocycles. The first kappa shape index (κ1) is 6.89. The average molecular weight is 152 g/mol. The first-order valence-electron chi connectivity index (χ1n) is 3.85. The van der Waals surface area contributed by atoms with E-state index in [1.165, 1.54) is 7.11 Å². The van der Waals surface area contributed by atoms with E-state index in [0.29, 0.717) is 5.92 Å². The number of ether oxygens (including phenoxy) is 1. The van der Waals surface area contributed by atoms with Crippen molar-refractivity contribution in [2.24, 2.45) is 16.7 Å². The molecule has 2 rings (SSSR count). The molecule has 0 aromatic rings. The van der Waals surface area contributed by atoms with Crippen LogP contribution in [-0.4, -0.2) is 13.1 Å². The van der Waals surface area contributed by atoms with Gasteiger partial charge in [-0.05, 0) is 6.92 Å². The van der Waals surface area contributed by atoms with Gasteiger partial charge in [-0.15, -0.1) is 0 Å². The Bertz CT molecular complexity index is 256. The van der Waals surface area contributed by atoms with E-state index < -0.39 is 0 Å². The maximum absolute atomic E-state index is 11.3. The molecule has 3 atom stereocenters. The third-order valence-electron chi connectivity index (χ3n) is 3.55. The van der Waals surface area contributed by atoms with E-state index in [1.807, 2.05) is 6.92 Å². The zero-order chi connectivity index (χ0) is 8.28. The molecule has 0 aromatic carbocycles. The quantitative estimate of drug-likeness (QED) is 0.419. The highest BCUT2D eigenvalue weighted by Gasteiger charge is 2.77. The van der Waals surface area contributed by atoms with Gasteiger partial charge in [0.2, 0.25) is 0 Å². The number of carbonyl (C=O) groups is 1. The van der Waals surface area contributed by atoms with Crippen LogP contribution in [0.3, 0.4) is 0 Å². The lowest BCUT2D eigenvalue weighted by Crippen LogP contribution is -2.18. The fraction of sp³-hybridized carbons (Fsp3) is 0.667. The Labute approximate surface area is 66.2 Å². The summed E-state index contributed by atoms with van der Waals surface area (Å²) >= 11 is 0. The number of hydrogen-bond donors (Lipinski definition) is 0. The lowest BCUT2D eigenvalue weighted by atomic mass is 9.94. The molecule has 0 radical (unpaired) electrons. The third-order valence-corrected chi connectivity index (χ3v) is 3.55. The van der Waals surface area contributed by atoms with Crippen LogP contribution in [0.25, 0.3) is 0 Å². The number of rotatable bonds is 1. The monoisotopic (exact) mass is 152 g/mol. The second-order valence-electron chi connectivity index (χ2n) is 3.81. The molecule has 0 unspecified atom stereocenters. The Balaban J connectivity index is 2.25. The van der Waals surface area contributed by atoms with Gasteiger partial charge in [0.05, 0.1) is 12.5 Å². The molecule has 0 aliphatic heterocycles. The average Bonchev–Trinajstić information content (AvgIpc) is 2.29. The zero-order valence-electron chi connectivity index (χ0n) is 7.05. The molecular formula is C9H12O2. The van der Waals surface area contributed by atoms with Crippen LogP contribution >= 0.6 is 0 Å². The maximum atomic E-state index is 11.3. The van der Waals surface area contributed by atoms with Crippen molar-refractivity contribution in [1.82, 2.24) is 0 Å². The lowest BCUT2D eigenvalue weighted by Gasteiger charge is -2.12. The largest absolute Gasteiger partial charge is 0.469 e. The molecule has 0 N–H and O–H groups in total. The van der Waals surface area contributed by atoms with E-state index in [0.717, 1.165) is 0 Å². The minimum absolute atomic E-state index is 0.0741. The van der Waals surface area contributed by atoms with Crippen molar-refractivity contribution in [3.63, 3.8) is 0 Å². The fourth-order valence-corrected chi connectivity index (χ4v) is 2.27. The molecule has 0 saturated heterocycles. The van der Waals surface area contributed by atoms with Gasteiger partial charge in [-0.1, -0.05) is 19.1 Å². The molecule has 0 spiro atoms. The van der Waals surface area contributed by atoms with E-state index in [1.54, 1.807) is 0 Å². The number of esters is 1. The molecule has 1 fully saturated rings. The number of fused-ring (bicyclic) bond motifs is 1. The molecule has 11 heavy (non-hydrogen) atoms. The highest BCUT2D eigenvalue weighted by atomic mass is 16.5. The second-order valence-corrected chi connectivity index (χ2v) is 3.81.